The molecule has 1 rings (SSSR count). The molecule has 0 radical (unpaired) electrons. The number of unbranched alkanes of at least 4 members (excludes halogenated alkanes) is 3. The summed E-state index contributed by atoms with van der Waals surface area (Å²) in [6.07, 6.45) is 4.83. The highest BCUT2D eigenvalue weighted by atomic mass is 16.5. The molecule has 1 N–H and O–H groups in total. The van der Waals surface area contributed by atoms with Gasteiger partial charge in [0, 0.05) is 6.54 Å². The number of nitrogens with zero attached hydrogens (tertiary/aromatic N) is 2. The van der Waals surface area contributed by atoms with Gasteiger partial charge in [-0.05, 0) is 18.6 Å². The van der Waals surface area contributed by atoms with Gasteiger partial charge in [0.15, 0.2) is 5.69 Å². The van der Waals surface area contributed by atoms with Crippen LogP contribution in [-0.4, -0.2) is 29.8 Å². The average Bonchev–Trinajstić information content (AvgIpc) is 2.38. The van der Waals surface area contributed by atoms with Crippen molar-refractivity contribution >= 4 is 11.8 Å². The first-order valence-electron chi connectivity index (χ1n) is 5.94. The van der Waals surface area contributed by atoms with E-state index in [0.29, 0.717) is 5.82 Å². The summed E-state index contributed by atoms with van der Waals surface area (Å²) >= 11 is 0. The molecule has 0 fully saturated rings. The Morgan fingerprint density at radius 2 is 2.12 bits per heavy atom. The zero-order chi connectivity index (χ0) is 12.5. The van der Waals surface area contributed by atoms with E-state index in [1.807, 2.05) is 0 Å². The number of nitrogens with one attached hydrogen (secondary N) is 1. The Morgan fingerprint density at radius 1 is 1.29 bits per heavy atom. The normalized spacial score (nSPS) is 10.0. The van der Waals surface area contributed by atoms with E-state index in [9.17, 15) is 4.79 Å². The van der Waals surface area contributed by atoms with Crippen LogP contribution in [0.15, 0.2) is 12.1 Å². The van der Waals surface area contributed by atoms with Crippen LogP contribution in [0.25, 0.3) is 0 Å². The highest BCUT2D eigenvalue weighted by molar-refractivity contribution is 5.86. The van der Waals surface area contributed by atoms with E-state index in [1.54, 1.807) is 12.1 Å². The number of methoxy groups -OCH3 is 1. The number of anilines is 1. The second-order valence-corrected chi connectivity index (χ2v) is 3.78. The van der Waals surface area contributed by atoms with Gasteiger partial charge in [-0.2, -0.15) is 0 Å². The van der Waals surface area contributed by atoms with Crippen LogP contribution in [0.5, 0.6) is 0 Å². The summed E-state index contributed by atoms with van der Waals surface area (Å²) in [6.45, 7) is 3.07. The van der Waals surface area contributed by atoms with E-state index < -0.39 is 5.97 Å². The van der Waals surface area contributed by atoms with E-state index in [-0.39, 0.29) is 5.69 Å². The fourth-order valence-corrected chi connectivity index (χ4v) is 1.41. The van der Waals surface area contributed by atoms with Gasteiger partial charge in [-0.1, -0.05) is 26.2 Å². The van der Waals surface area contributed by atoms with Crippen molar-refractivity contribution in [1.82, 2.24) is 10.2 Å². The van der Waals surface area contributed by atoms with Crippen LogP contribution < -0.4 is 5.32 Å². The highest BCUT2D eigenvalue weighted by Crippen LogP contribution is 2.04. The van der Waals surface area contributed by atoms with E-state index in [2.05, 4.69) is 27.2 Å². The second kappa shape index (κ2) is 7.60. The van der Waals surface area contributed by atoms with Gasteiger partial charge < -0.3 is 10.1 Å². The lowest BCUT2D eigenvalue weighted by molar-refractivity contribution is 0.0593. The van der Waals surface area contributed by atoms with Crippen molar-refractivity contribution < 1.29 is 9.53 Å². The minimum atomic E-state index is -0.466. The SMILES string of the molecule is CCCCCCNc1ccc(C(=O)OC)nn1. The van der Waals surface area contributed by atoms with Crippen LogP contribution in [0.2, 0.25) is 0 Å². The molecular formula is C12H19N3O2. The van der Waals surface area contributed by atoms with Crippen molar-refractivity contribution in [2.24, 2.45) is 0 Å². The summed E-state index contributed by atoms with van der Waals surface area (Å²) in [5.74, 6) is 0.223. The average molecular weight is 237 g/mol. The largest absolute Gasteiger partial charge is 0.464 e. The van der Waals surface area contributed by atoms with E-state index in [0.717, 1.165) is 13.0 Å². The van der Waals surface area contributed by atoms with Crippen LogP contribution in [0.3, 0.4) is 0 Å². The molecule has 1 aromatic rings. The van der Waals surface area contributed by atoms with E-state index >= 15 is 0 Å². The van der Waals surface area contributed by atoms with Gasteiger partial charge in [0.1, 0.15) is 5.82 Å². The molecular weight excluding hydrogens is 218 g/mol. The van der Waals surface area contributed by atoms with Gasteiger partial charge in [0.25, 0.3) is 0 Å². The molecule has 0 aliphatic carbocycles. The predicted octanol–water partition coefficient (Wildman–Crippen LogP) is 2.26. The summed E-state index contributed by atoms with van der Waals surface area (Å²) in [5.41, 5.74) is 0.226. The maximum Gasteiger partial charge on any atom is 0.358 e. The number of carbonyl (C=O) groups is 1. The van der Waals surface area contributed by atoms with E-state index in [4.69, 9.17) is 0 Å². The van der Waals surface area contributed by atoms with Crippen LogP contribution in [-0.2, 0) is 4.74 Å². The monoisotopic (exact) mass is 237 g/mol. The maximum absolute atomic E-state index is 11.1. The second-order valence-electron chi connectivity index (χ2n) is 3.78. The number of esters is 1. The van der Waals surface area contributed by atoms with Crippen LogP contribution >= 0.6 is 0 Å². The van der Waals surface area contributed by atoms with Crippen LogP contribution in [0.4, 0.5) is 5.82 Å². The third-order valence-electron chi connectivity index (χ3n) is 2.40. The fourth-order valence-electron chi connectivity index (χ4n) is 1.41. The Labute approximate surface area is 102 Å². The molecule has 1 heterocycles. The highest BCUT2D eigenvalue weighted by Gasteiger charge is 2.06. The zero-order valence-electron chi connectivity index (χ0n) is 10.4. The molecule has 0 unspecified atom stereocenters. The standard InChI is InChI=1S/C12H19N3O2/c1-3-4-5-6-9-13-11-8-7-10(14-15-11)12(16)17-2/h7-8H,3-6,9H2,1-2H3,(H,13,15). The van der Waals surface area contributed by atoms with Crippen molar-refractivity contribution in [3.63, 3.8) is 0 Å². The fraction of sp³-hybridized carbons (Fsp3) is 0.583. The van der Waals surface area contributed by atoms with Gasteiger partial charge in [0.2, 0.25) is 0 Å². The van der Waals surface area contributed by atoms with Gasteiger partial charge in [-0.15, -0.1) is 10.2 Å². The molecule has 0 atom stereocenters. The Hall–Kier alpha value is -1.65. The minimum absolute atomic E-state index is 0.226. The van der Waals surface area contributed by atoms with E-state index in [1.165, 1.54) is 26.4 Å². The molecule has 0 spiro atoms. The van der Waals surface area contributed by atoms with Crippen molar-refractivity contribution in [2.45, 2.75) is 32.6 Å². The first kappa shape index (κ1) is 13.4. The van der Waals surface area contributed by atoms with Crippen molar-refractivity contribution in [1.29, 1.82) is 0 Å². The first-order valence-corrected chi connectivity index (χ1v) is 5.94. The molecule has 94 valence electrons. The number of aromatic nitrogens is 2. The number of hydrogen-bond acceptors (Lipinski definition) is 5. The van der Waals surface area contributed by atoms with Gasteiger partial charge >= 0.3 is 5.97 Å². The van der Waals surface area contributed by atoms with Crippen molar-refractivity contribution in [2.75, 3.05) is 19.0 Å². The smallest absolute Gasteiger partial charge is 0.358 e. The lowest BCUT2D eigenvalue weighted by Gasteiger charge is -2.04. The lowest BCUT2D eigenvalue weighted by atomic mass is 10.2. The summed E-state index contributed by atoms with van der Waals surface area (Å²) in [7, 11) is 1.32. The zero-order valence-corrected chi connectivity index (χ0v) is 10.4. The minimum Gasteiger partial charge on any atom is -0.464 e. The number of rotatable bonds is 7. The molecule has 0 saturated carbocycles. The Kier molecular flexibility index (Phi) is 5.99. The molecule has 0 bridgehead atoms. The molecule has 5 heteroatoms. The van der Waals surface area contributed by atoms with Crippen molar-refractivity contribution in [3.8, 4) is 0 Å². The molecule has 0 saturated heterocycles. The number of carbonyl (C=O) groups excluding carboxylic acids is 1. The third kappa shape index (κ3) is 4.80. The molecule has 0 amide bonds. The van der Waals surface area contributed by atoms with Gasteiger partial charge in [-0.3, -0.25) is 0 Å². The summed E-state index contributed by atoms with van der Waals surface area (Å²) < 4.78 is 4.54. The predicted molar refractivity (Wildman–Crippen MR) is 66.0 cm³/mol. The Bertz CT molecular complexity index is 338. The summed E-state index contributed by atoms with van der Waals surface area (Å²) in [5, 5.41) is 10.8. The maximum atomic E-state index is 11.1. The molecule has 0 aliphatic heterocycles. The third-order valence-corrected chi connectivity index (χ3v) is 2.40. The summed E-state index contributed by atoms with van der Waals surface area (Å²) in [6, 6.07) is 3.34. The van der Waals surface area contributed by atoms with Gasteiger partial charge in [0.05, 0.1) is 7.11 Å². The quantitative estimate of drug-likeness (QED) is 0.582. The number of ether oxygens (including phenoxy) is 1. The van der Waals surface area contributed by atoms with Crippen molar-refractivity contribution in [3.05, 3.63) is 17.8 Å². The molecule has 1 aromatic heterocycles. The first-order chi connectivity index (χ1) is 8.27. The number of hydrogen-bond donors (Lipinski definition) is 1. The lowest BCUT2D eigenvalue weighted by Crippen LogP contribution is -2.08. The molecule has 0 aliphatic rings. The summed E-state index contributed by atoms with van der Waals surface area (Å²) in [4.78, 5) is 11.1. The Balaban J connectivity index is 2.33. The van der Waals surface area contributed by atoms with Crippen LogP contribution in [0.1, 0.15) is 43.1 Å². The molecule has 5 nitrogen and oxygen atoms in total. The van der Waals surface area contributed by atoms with Crippen LogP contribution in [0, 0.1) is 0 Å². The van der Waals surface area contributed by atoms with Gasteiger partial charge in [-0.25, -0.2) is 4.79 Å². The molecule has 17 heavy (non-hydrogen) atoms. The topological polar surface area (TPSA) is 64.1 Å². The Morgan fingerprint density at radius 3 is 2.71 bits per heavy atom. The molecule has 0 aromatic carbocycles.